The second-order valence-corrected chi connectivity index (χ2v) is 3.52. The van der Waals surface area contributed by atoms with Crippen LogP contribution in [0.2, 0.25) is 0 Å². The van der Waals surface area contributed by atoms with E-state index in [-0.39, 0.29) is 5.69 Å². The third-order valence-electron chi connectivity index (χ3n) is 2.33. The van der Waals surface area contributed by atoms with Gasteiger partial charge in [0.1, 0.15) is 12.4 Å². The van der Waals surface area contributed by atoms with Crippen LogP contribution in [0.3, 0.4) is 0 Å². The van der Waals surface area contributed by atoms with Gasteiger partial charge in [0.25, 0.3) is 5.69 Å². The standard InChI is InChI=1S/C12H12N2O3/c15-14(16)11-3-5-12(6-4-11)17-10-9-13-7-1-2-8-13/h1-8H,9-10H2. The molecule has 0 spiro atoms. The fraction of sp³-hybridized carbons (Fsp3) is 0.167. The minimum atomic E-state index is -0.427. The minimum Gasteiger partial charge on any atom is -0.492 e. The Morgan fingerprint density at radius 2 is 1.82 bits per heavy atom. The van der Waals surface area contributed by atoms with Gasteiger partial charge in [-0.3, -0.25) is 10.1 Å². The van der Waals surface area contributed by atoms with Crippen LogP contribution >= 0.6 is 0 Å². The van der Waals surface area contributed by atoms with Crippen LogP contribution in [0.5, 0.6) is 5.75 Å². The maximum Gasteiger partial charge on any atom is 0.269 e. The molecule has 1 aromatic carbocycles. The van der Waals surface area contributed by atoms with Crippen LogP contribution in [0.4, 0.5) is 5.69 Å². The number of nitro benzene ring substituents is 1. The average molecular weight is 232 g/mol. The molecule has 0 atom stereocenters. The number of hydrogen-bond acceptors (Lipinski definition) is 3. The summed E-state index contributed by atoms with van der Waals surface area (Å²) in [4.78, 5) is 10.0. The van der Waals surface area contributed by atoms with Gasteiger partial charge >= 0.3 is 0 Å². The van der Waals surface area contributed by atoms with Crippen LogP contribution in [0.1, 0.15) is 0 Å². The molecule has 0 aliphatic heterocycles. The topological polar surface area (TPSA) is 57.3 Å². The van der Waals surface area contributed by atoms with Gasteiger partial charge in [-0.2, -0.15) is 0 Å². The first kappa shape index (κ1) is 11.2. The number of non-ortho nitro benzene ring substituents is 1. The largest absolute Gasteiger partial charge is 0.492 e. The quantitative estimate of drug-likeness (QED) is 0.587. The van der Waals surface area contributed by atoms with Crippen LogP contribution in [-0.2, 0) is 6.54 Å². The SMILES string of the molecule is O=[N+]([O-])c1ccc(OCCn2cccc2)cc1. The lowest BCUT2D eigenvalue weighted by molar-refractivity contribution is -0.384. The second-order valence-electron chi connectivity index (χ2n) is 3.52. The average Bonchev–Trinajstić information content (AvgIpc) is 2.83. The summed E-state index contributed by atoms with van der Waals surface area (Å²) >= 11 is 0. The summed E-state index contributed by atoms with van der Waals surface area (Å²) in [5.74, 6) is 0.641. The van der Waals surface area contributed by atoms with Crippen molar-refractivity contribution in [3.8, 4) is 5.75 Å². The summed E-state index contributed by atoms with van der Waals surface area (Å²) < 4.78 is 7.48. The van der Waals surface area contributed by atoms with Gasteiger partial charge in [0.2, 0.25) is 0 Å². The molecule has 0 fully saturated rings. The predicted octanol–water partition coefficient (Wildman–Crippen LogP) is 2.48. The predicted molar refractivity (Wildman–Crippen MR) is 63.0 cm³/mol. The van der Waals surface area contributed by atoms with E-state index in [9.17, 15) is 10.1 Å². The summed E-state index contributed by atoms with van der Waals surface area (Å²) in [5, 5.41) is 10.4. The van der Waals surface area contributed by atoms with Crippen molar-refractivity contribution in [1.82, 2.24) is 4.57 Å². The Kier molecular flexibility index (Phi) is 3.40. The molecule has 1 aromatic heterocycles. The molecule has 0 radical (unpaired) electrons. The molecular weight excluding hydrogens is 220 g/mol. The Labute approximate surface area is 98.4 Å². The van der Waals surface area contributed by atoms with E-state index in [2.05, 4.69) is 0 Å². The number of nitro groups is 1. The molecule has 0 saturated heterocycles. The van der Waals surface area contributed by atoms with Crippen LogP contribution in [0.25, 0.3) is 0 Å². The molecule has 5 heteroatoms. The van der Waals surface area contributed by atoms with E-state index in [1.807, 2.05) is 29.1 Å². The van der Waals surface area contributed by atoms with Gasteiger partial charge in [-0.1, -0.05) is 0 Å². The molecule has 2 rings (SSSR count). The molecule has 2 aromatic rings. The highest BCUT2D eigenvalue weighted by Gasteiger charge is 2.03. The van der Waals surface area contributed by atoms with Crippen LogP contribution in [0.15, 0.2) is 48.8 Å². The highest BCUT2D eigenvalue weighted by Crippen LogP contribution is 2.17. The molecule has 0 bridgehead atoms. The monoisotopic (exact) mass is 232 g/mol. The van der Waals surface area contributed by atoms with Gasteiger partial charge in [-0.15, -0.1) is 0 Å². The second kappa shape index (κ2) is 5.16. The van der Waals surface area contributed by atoms with Gasteiger partial charge in [0.15, 0.2) is 0 Å². The zero-order valence-electron chi connectivity index (χ0n) is 9.15. The molecule has 88 valence electrons. The normalized spacial score (nSPS) is 10.1. The first-order valence-corrected chi connectivity index (χ1v) is 5.24. The minimum absolute atomic E-state index is 0.0720. The molecule has 5 nitrogen and oxygen atoms in total. The lowest BCUT2D eigenvalue weighted by Gasteiger charge is -2.06. The summed E-state index contributed by atoms with van der Waals surface area (Å²) in [7, 11) is 0. The van der Waals surface area contributed by atoms with Crippen molar-refractivity contribution in [3.63, 3.8) is 0 Å². The number of aromatic nitrogens is 1. The van der Waals surface area contributed by atoms with Gasteiger partial charge in [-0.05, 0) is 24.3 Å². The zero-order valence-corrected chi connectivity index (χ0v) is 9.15. The first-order valence-electron chi connectivity index (χ1n) is 5.24. The van der Waals surface area contributed by atoms with Gasteiger partial charge < -0.3 is 9.30 Å². The van der Waals surface area contributed by atoms with Crippen molar-refractivity contribution in [1.29, 1.82) is 0 Å². The highest BCUT2D eigenvalue weighted by atomic mass is 16.6. The highest BCUT2D eigenvalue weighted by molar-refractivity contribution is 5.35. The number of ether oxygens (including phenoxy) is 1. The Morgan fingerprint density at radius 3 is 2.41 bits per heavy atom. The maximum absolute atomic E-state index is 10.4. The fourth-order valence-corrected chi connectivity index (χ4v) is 1.45. The van der Waals surface area contributed by atoms with Crippen molar-refractivity contribution >= 4 is 5.69 Å². The molecule has 0 amide bonds. The Bertz CT molecular complexity index is 477. The fourth-order valence-electron chi connectivity index (χ4n) is 1.45. The Hall–Kier alpha value is -2.30. The molecule has 0 saturated carbocycles. The molecule has 0 unspecified atom stereocenters. The third-order valence-corrected chi connectivity index (χ3v) is 2.33. The molecule has 0 N–H and O–H groups in total. The van der Waals surface area contributed by atoms with Crippen molar-refractivity contribution < 1.29 is 9.66 Å². The smallest absolute Gasteiger partial charge is 0.269 e. The van der Waals surface area contributed by atoms with Crippen molar-refractivity contribution in [2.45, 2.75) is 6.54 Å². The van der Waals surface area contributed by atoms with E-state index in [0.29, 0.717) is 12.4 Å². The van der Waals surface area contributed by atoms with Crippen LogP contribution in [-0.4, -0.2) is 16.1 Å². The number of benzene rings is 1. The van der Waals surface area contributed by atoms with E-state index in [0.717, 1.165) is 6.54 Å². The van der Waals surface area contributed by atoms with Crippen LogP contribution < -0.4 is 4.74 Å². The Balaban J connectivity index is 1.85. The summed E-state index contributed by atoms with van der Waals surface area (Å²) in [6.07, 6.45) is 3.92. The van der Waals surface area contributed by atoms with E-state index >= 15 is 0 Å². The number of rotatable bonds is 5. The zero-order chi connectivity index (χ0) is 12.1. The summed E-state index contributed by atoms with van der Waals surface area (Å²) in [5.41, 5.74) is 0.0720. The lowest BCUT2D eigenvalue weighted by atomic mass is 10.3. The maximum atomic E-state index is 10.4. The van der Waals surface area contributed by atoms with E-state index in [1.165, 1.54) is 12.1 Å². The van der Waals surface area contributed by atoms with E-state index in [1.54, 1.807) is 12.1 Å². The van der Waals surface area contributed by atoms with Crippen molar-refractivity contribution in [3.05, 3.63) is 58.9 Å². The summed E-state index contributed by atoms with van der Waals surface area (Å²) in [6.45, 7) is 1.29. The molecule has 0 aliphatic rings. The number of nitrogens with zero attached hydrogens (tertiary/aromatic N) is 2. The van der Waals surface area contributed by atoms with Gasteiger partial charge in [-0.25, -0.2) is 0 Å². The third kappa shape index (κ3) is 3.07. The molecule has 0 aliphatic carbocycles. The van der Waals surface area contributed by atoms with Gasteiger partial charge in [0.05, 0.1) is 11.5 Å². The Morgan fingerprint density at radius 1 is 1.18 bits per heavy atom. The number of hydrogen-bond donors (Lipinski definition) is 0. The van der Waals surface area contributed by atoms with Crippen LogP contribution in [0, 0.1) is 10.1 Å². The molecule has 1 heterocycles. The van der Waals surface area contributed by atoms with E-state index < -0.39 is 4.92 Å². The van der Waals surface area contributed by atoms with Gasteiger partial charge in [0, 0.05) is 24.5 Å². The first-order chi connectivity index (χ1) is 8.25. The molecular formula is C12H12N2O3. The lowest BCUT2D eigenvalue weighted by Crippen LogP contribution is -2.06. The molecule has 17 heavy (non-hydrogen) atoms. The summed E-state index contributed by atoms with van der Waals surface area (Å²) in [6, 6.07) is 9.98. The van der Waals surface area contributed by atoms with Crippen molar-refractivity contribution in [2.24, 2.45) is 0 Å². The van der Waals surface area contributed by atoms with Crippen molar-refractivity contribution in [2.75, 3.05) is 6.61 Å². The van der Waals surface area contributed by atoms with E-state index in [4.69, 9.17) is 4.74 Å².